The molecule has 2 rings (SSSR count). The summed E-state index contributed by atoms with van der Waals surface area (Å²) in [5.41, 5.74) is 2.98. The van der Waals surface area contributed by atoms with E-state index in [1.165, 1.54) is 4.88 Å². The van der Waals surface area contributed by atoms with Crippen molar-refractivity contribution in [2.75, 3.05) is 7.05 Å². The molecule has 0 aliphatic heterocycles. The zero-order valence-corrected chi connectivity index (χ0v) is 10.3. The molecule has 0 aliphatic rings. The standard InChI is InChI=1S/C12H15N3S/c1-10(12-5-3-4-6-14-12)15(2)8-11-7-13-9-16-11/h3-7,9-10H,8H2,1-2H3. The number of aromatic nitrogens is 2. The molecule has 0 spiro atoms. The van der Waals surface area contributed by atoms with E-state index >= 15 is 0 Å². The number of nitrogens with zero attached hydrogens (tertiary/aromatic N) is 3. The molecule has 0 aliphatic carbocycles. The smallest absolute Gasteiger partial charge is 0.0794 e. The van der Waals surface area contributed by atoms with Crippen LogP contribution in [0.5, 0.6) is 0 Å². The fourth-order valence-corrected chi connectivity index (χ4v) is 2.21. The Bertz CT molecular complexity index is 413. The van der Waals surface area contributed by atoms with Crippen molar-refractivity contribution in [1.82, 2.24) is 14.9 Å². The van der Waals surface area contributed by atoms with Crippen LogP contribution in [-0.4, -0.2) is 21.9 Å². The van der Waals surface area contributed by atoms with Gasteiger partial charge in [-0.25, -0.2) is 0 Å². The second-order valence-electron chi connectivity index (χ2n) is 3.81. The Labute approximate surface area is 99.8 Å². The van der Waals surface area contributed by atoms with E-state index in [1.54, 1.807) is 11.3 Å². The molecule has 0 amide bonds. The van der Waals surface area contributed by atoms with Gasteiger partial charge in [-0.15, -0.1) is 11.3 Å². The van der Waals surface area contributed by atoms with Gasteiger partial charge in [-0.2, -0.15) is 0 Å². The van der Waals surface area contributed by atoms with Gasteiger partial charge in [0, 0.05) is 29.9 Å². The Kier molecular flexibility index (Phi) is 3.64. The lowest BCUT2D eigenvalue weighted by Gasteiger charge is -2.23. The van der Waals surface area contributed by atoms with Crippen molar-refractivity contribution in [3.8, 4) is 0 Å². The number of hydrogen-bond acceptors (Lipinski definition) is 4. The molecule has 2 aromatic rings. The average molecular weight is 233 g/mol. The average Bonchev–Trinajstić information content (AvgIpc) is 2.82. The molecule has 0 aromatic carbocycles. The van der Waals surface area contributed by atoms with Crippen LogP contribution in [0.4, 0.5) is 0 Å². The third-order valence-corrected chi connectivity index (χ3v) is 3.43. The highest BCUT2D eigenvalue weighted by Gasteiger charge is 2.13. The van der Waals surface area contributed by atoms with Crippen LogP contribution in [0.2, 0.25) is 0 Å². The Balaban J connectivity index is 2.02. The van der Waals surface area contributed by atoms with E-state index < -0.39 is 0 Å². The number of pyridine rings is 1. The quantitative estimate of drug-likeness (QED) is 0.813. The van der Waals surface area contributed by atoms with Crippen molar-refractivity contribution in [3.05, 3.63) is 46.7 Å². The van der Waals surface area contributed by atoms with Gasteiger partial charge in [-0.3, -0.25) is 14.9 Å². The minimum atomic E-state index is 0.322. The topological polar surface area (TPSA) is 29.0 Å². The summed E-state index contributed by atoms with van der Waals surface area (Å²) in [5, 5.41) is 0. The number of rotatable bonds is 4. The van der Waals surface area contributed by atoms with Crippen molar-refractivity contribution >= 4 is 11.3 Å². The maximum absolute atomic E-state index is 4.38. The monoisotopic (exact) mass is 233 g/mol. The van der Waals surface area contributed by atoms with Crippen LogP contribution in [0.25, 0.3) is 0 Å². The highest BCUT2D eigenvalue weighted by molar-refractivity contribution is 7.09. The van der Waals surface area contributed by atoms with Crippen molar-refractivity contribution in [3.63, 3.8) is 0 Å². The second-order valence-corrected chi connectivity index (χ2v) is 4.78. The molecule has 0 radical (unpaired) electrons. The van der Waals surface area contributed by atoms with Crippen LogP contribution in [0.3, 0.4) is 0 Å². The highest BCUT2D eigenvalue weighted by atomic mass is 32.1. The second kappa shape index (κ2) is 5.18. The maximum atomic E-state index is 4.38. The Morgan fingerprint density at radius 1 is 1.44 bits per heavy atom. The van der Waals surface area contributed by atoms with E-state index in [9.17, 15) is 0 Å². The summed E-state index contributed by atoms with van der Waals surface area (Å²) in [6.07, 6.45) is 3.76. The summed E-state index contributed by atoms with van der Waals surface area (Å²) < 4.78 is 0. The summed E-state index contributed by atoms with van der Waals surface area (Å²) in [4.78, 5) is 12.0. The highest BCUT2D eigenvalue weighted by Crippen LogP contribution is 2.19. The normalized spacial score (nSPS) is 12.9. The zero-order chi connectivity index (χ0) is 11.4. The minimum Gasteiger partial charge on any atom is -0.293 e. The fraction of sp³-hybridized carbons (Fsp3) is 0.333. The van der Waals surface area contributed by atoms with Crippen molar-refractivity contribution < 1.29 is 0 Å². The predicted molar refractivity (Wildman–Crippen MR) is 66.2 cm³/mol. The van der Waals surface area contributed by atoms with E-state index in [-0.39, 0.29) is 0 Å². The lowest BCUT2D eigenvalue weighted by atomic mass is 10.2. The van der Waals surface area contributed by atoms with Crippen LogP contribution >= 0.6 is 11.3 Å². The van der Waals surface area contributed by atoms with Crippen LogP contribution in [0.1, 0.15) is 23.5 Å². The number of thiazole rings is 1. The van der Waals surface area contributed by atoms with Crippen LogP contribution in [-0.2, 0) is 6.54 Å². The summed E-state index contributed by atoms with van der Waals surface area (Å²) >= 11 is 1.69. The molecule has 2 heterocycles. The van der Waals surface area contributed by atoms with Gasteiger partial charge in [-0.05, 0) is 26.1 Å². The van der Waals surface area contributed by atoms with Crippen LogP contribution in [0.15, 0.2) is 36.1 Å². The van der Waals surface area contributed by atoms with Crippen LogP contribution in [0, 0.1) is 0 Å². The van der Waals surface area contributed by atoms with Crippen molar-refractivity contribution in [2.45, 2.75) is 19.5 Å². The molecule has 84 valence electrons. The predicted octanol–water partition coefficient (Wildman–Crippen LogP) is 2.73. The lowest BCUT2D eigenvalue weighted by Crippen LogP contribution is -2.22. The molecule has 0 saturated heterocycles. The molecular weight excluding hydrogens is 218 g/mol. The molecule has 0 N–H and O–H groups in total. The first kappa shape index (κ1) is 11.2. The van der Waals surface area contributed by atoms with E-state index in [0.717, 1.165) is 12.2 Å². The van der Waals surface area contributed by atoms with Crippen molar-refractivity contribution in [2.24, 2.45) is 0 Å². The van der Waals surface area contributed by atoms with E-state index in [1.807, 2.05) is 30.0 Å². The summed E-state index contributed by atoms with van der Waals surface area (Å²) in [7, 11) is 2.11. The SMILES string of the molecule is CC(c1ccccn1)N(C)Cc1cncs1. The first-order valence-electron chi connectivity index (χ1n) is 5.26. The van der Waals surface area contributed by atoms with Gasteiger partial charge in [0.05, 0.1) is 11.2 Å². The van der Waals surface area contributed by atoms with Crippen molar-refractivity contribution in [1.29, 1.82) is 0 Å². The van der Waals surface area contributed by atoms with Crippen LogP contribution < -0.4 is 0 Å². The van der Waals surface area contributed by atoms with Gasteiger partial charge >= 0.3 is 0 Å². The molecule has 2 aromatic heterocycles. The molecule has 3 nitrogen and oxygen atoms in total. The summed E-state index contributed by atoms with van der Waals surface area (Å²) in [6, 6.07) is 6.36. The van der Waals surface area contributed by atoms with Gasteiger partial charge in [0.25, 0.3) is 0 Å². The Morgan fingerprint density at radius 3 is 2.94 bits per heavy atom. The molecule has 0 saturated carbocycles. The van der Waals surface area contributed by atoms with Gasteiger partial charge in [-0.1, -0.05) is 6.07 Å². The van der Waals surface area contributed by atoms with Gasteiger partial charge in [0.1, 0.15) is 0 Å². The van der Waals surface area contributed by atoms with E-state index in [2.05, 4.69) is 34.9 Å². The zero-order valence-electron chi connectivity index (χ0n) is 9.50. The Morgan fingerprint density at radius 2 is 2.31 bits per heavy atom. The fourth-order valence-electron chi connectivity index (χ4n) is 1.55. The lowest BCUT2D eigenvalue weighted by molar-refractivity contribution is 0.250. The third kappa shape index (κ3) is 2.65. The van der Waals surface area contributed by atoms with E-state index in [0.29, 0.717) is 6.04 Å². The first-order chi connectivity index (χ1) is 7.77. The number of hydrogen-bond donors (Lipinski definition) is 0. The Hall–Kier alpha value is -1.26. The molecule has 1 atom stereocenters. The van der Waals surface area contributed by atoms with Gasteiger partial charge in [0.2, 0.25) is 0 Å². The largest absolute Gasteiger partial charge is 0.293 e. The van der Waals surface area contributed by atoms with Gasteiger partial charge < -0.3 is 0 Å². The summed E-state index contributed by atoms with van der Waals surface area (Å²) in [6.45, 7) is 3.09. The molecular formula is C12H15N3S. The summed E-state index contributed by atoms with van der Waals surface area (Å²) in [5.74, 6) is 0. The molecule has 4 heteroatoms. The van der Waals surface area contributed by atoms with Gasteiger partial charge in [0.15, 0.2) is 0 Å². The molecule has 1 unspecified atom stereocenters. The molecule has 16 heavy (non-hydrogen) atoms. The van der Waals surface area contributed by atoms with E-state index in [4.69, 9.17) is 0 Å². The molecule has 0 bridgehead atoms. The first-order valence-corrected chi connectivity index (χ1v) is 6.14. The maximum Gasteiger partial charge on any atom is 0.0794 e. The minimum absolute atomic E-state index is 0.322. The molecule has 0 fully saturated rings. The third-order valence-electron chi connectivity index (χ3n) is 2.67.